The van der Waals surface area contributed by atoms with Gasteiger partial charge in [0.15, 0.2) is 0 Å². The van der Waals surface area contributed by atoms with Crippen molar-refractivity contribution in [1.29, 1.82) is 0 Å². The third-order valence-corrected chi connectivity index (χ3v) is 12.4. The second-order valence-electron chi connectivity index (χ2n) is 20.6. The molecule has 0 bridgehead atoms. The number of hydrogen-bond acceptors (Lipinski definition) is 3. The molecule has 0 radical (unpaired) electrons. The Morgan fingerprint density at radius 1 is 0.588 bits per heavy atom. The van der Waals surface area contributed by atoms with Crippen molar-refractivity contribution in [3.8, 4) is 78.6 Å². The summed E-state index contributed by atoms with van der Waals surface area (Å²) in [7, 11) is 0. The molecule has 0 aliphatic rings. The molecule has 1 N–H and O–H groups in total. The Hall–Kier alpha value is -6.35. The van der Waals surface area contributed by atoms with E-state index < -0.39 is 54.3 Å². The number of phenols is 1. The number of phenolic OH excluding ortho intramolecular Hbond substituents is 1. The second kappa shape index (κ2) is 18.3. The van der Waals surface area contributed by atoms with Gasteiger partial charge in [0.1, 0.15) is 11.6 Å². The molecule has 0 amide bonds. The average Bonchev–Trinajstić information content (AvgIpc) is 3.89. The van der Waals surface area contributed by atoms with Crippen LogP contribution in [0.4, 0.5) is 0 Å². The monoisotopic (exact) mass is 1080 g/mol. The van der Waals surface area contributed by atoms with E-state index in [2.05, 4.69) is 71.9 Å². The predicted octanol–water partition coefficient (Wildman–Crippen LogP) is 16.7. The van der Waals surface area contributed by atoms with Crippen LogP contribution in [-0.2, 0) is 37.3 Å². The third kappa shape index (κ3) is 9.29. The Morgan fingerprint density at radius 3 is 1.99 bits per heavy atom. The summed E-state index contributed by atoms with van der Waals surface area (Å²) in [5, 5.41) is 12.4. The van der Waals surface area contributed by atoms with Gasteiger partial charge in [0.2, 0.25) is 0 Å². The van der Waals surface area contributed by atoms with Crippen LogP contribution in [0, 0.1) is 26.7 Å². The molecule has 0 aliphatic carbocycles. The fourth-order valence-electron chi connectivity index (χ4n) is 8.97. The zero-order valence-corrected chi connectivity index (χ0v) is 42.5. The summed E-state index contributed by atoms with van der Waals surface area (Å²) in [5.74, 6) is 0.368. The molecule has 0 spiro atoms. The van der Waals surface area contributed by atoms with Crippen molar-refractivity contribution in [1.82, 2.24) is 14.5 Å². The Labute approximate surface area is 432 Å². The smallest absolute Gasteiger partial charge is 0.148 e. The third-order valence-electron chi connectivity index (χ3n) is 12.4. The van der Waals surface area contributed by atoms with Crippen LogP contribution in [0.2, 0.25) is 0 Å². The van der Waals surface area contributed by atoms with Crippen LogP contribution in [0.15, 0.2) is 152 Å². The number of hydrogen-bond donors (Lipinski definition) is 1. The Balaban J connectivity index is 0.00000803. The van der Waals surface area contributed by atoms with Gasteiger partial charge in [-0.15, -0.1) is 29.3 Å². The topological polar surface area (TPSA) is 50.9 Å². The molecule has 9 aromatic rings. The predicted molar refractivity (Wildman–Crippen MR) is 282 cm³/mol. The zero-order valence-electron chi connectivity index (χ0n) is 50.2. The van der Waals surface area contributed by atoms with Crippen LogP contribution in [-0.4, -0.2) is 19.6 Å². The number of aromatic nitrogens is 3. The molecular formula is C63H62N3OPt-. The SMILES string of the molecule is [2H]c1c([2H])c(C([2H])([2H])[2H])c([2H])c([2H])c1-c1ccnc(-c2[c-]c(-c3cccc4c3nc(-c3cc(C)cc(C(C)(C)C)c3O)n4-c3ccc(-c4c(-c5ccccc5)cccc4C(C)(C)C)cc3C([2H])([2H])[2H])cc(C(C)(C)C)c2)c1.[Pt]. The number of para-hydroxylation sites is 1. The molecule has 5 heteroatoms. The van der Waals surface area contributed by atoms with Gasteiger partial charge in [0.25, 0.3) is 0 Å². The first-order valence-electron chi connectivity index (χ1n) is 27.7. The molecular weight excluding hydrogens is 1010 g/mol. The van der Waals surface area contributed by atoms with E-state index in [1.165, 1.54) is 6.20 Å². The molecule has 68 heavy (non-hydrogen) atoms. The van der Waals surface area contributed by atoms with E-state index in [0.29, 0.717) is 61.6 Å². The minimum absolute atomic E-state index is 0. The van der Waals surface area contributed by atoms with Crippen molar-refractivity contribution >= 4 is 11.0 Å². The van der Waals surface area contributed by atoms with Crippen molar-refractivity contribution in [3.63, 3.8) is 0 Å². The Morgan fingerprint density at radius 2 is 1.29 bits per heavy atom. The van der Waals surface area contributed by atoms with Crippen molar-refractivity contribution in [3.05, 3.63) is 191 Å². The van der Waals surface area contributed by atoms with E-state index in [1.54, 1.807) is 18.2 Å². The quantitative estimate of drug-likeness (QED) is 0.162. The summed E-state index contributed by atoms with van der Waals surface area (Å²) in [6.07, 6.45) is 1.51. The minimum atomic E-state index is -2.86. The summed E-state index contributed by atoms with van der Waals surface area (Å²) < 4.78 is 88.3. The molecule has 0 aliphatic heterocycles. The molecule has 2 aromatic heterocycles. The first kappa shape index (κ1) is 36.7. The van der Waals surface area contributed by atoms with Gasteiger partial charge in [0.05, 0.1) is 27.8 Å². The van der Waals surface area contributed by atoms with E-state index in [9.17, 15) is 9.22 Å². The maximum Gasteiger partial charge on any atom is 0.148 e. The Kier molecular flexibility index (Phi) is 9.85. The van der Waals surface area contributed by atoms with Gasteiger partial charge in [0, 0.05) is 46.7 Å². The molecule has 0 saturated heterocycles. The van der Waals surface area contributed by atoms with Crippen LogP contribution in [0.3, 0.4) is 0 Å². The van der Waals surface area contributed by atoms with Crippen molar-refractivity contribution in [2.24, 2.45) is 0 Å². The standard InChI is InChI=1S/C63H62N3O.Pt/c1-39-24-26-42(27-25-39)44-30-31-64-54(38-44)47-35-46(36-48(37-47)61(4,5)6)50-21-17-23-56-58(50)65-60(51-32-40(2)33-53(59(51)67)63(10,11)12)66(56)55-29-28-45(34-41(55)3)57-49(43-18-14-13-15-19-43)20-16-22-52(57)62(7,8)9;/h13-34,36-38,67H,1-12H3;/q-1;/i1D3,3D3,24D,25D,26D,27D;. The molecule has 2 heterocycles. The van der Waals surface area contributed by atoms with Crippen LogP contribution in [0.5, 0.6) is 5.75 Å². The summed E-state index contributed by atoms with van der Waals surface area (Å²) >= 11 is 0. The van der Waals surface area contributed by atoms with E-state index in [4.69, 9.17) is 19.6 Å². The van der Waals surface area contributed by atoms with E-state index in [-0.39, 0.29) is 43.4 Å². The number of rotatable bonds is 7. The van der Waals surface area contributed by atoms with Crippen molar-refractivity contribution < 1.29 is 39.9 Å². The van der Waals surface area contributed by atoms with Gasteiger partial charge in [-0.2, -0.15) is 0 Å². The van der Waals surface area contributed by atoms with Crippen LogP contribution >= 0.6 is 0 Å². The average molecular weight is 1080 g/mol. The number of imidazole rings is 1. The number of fused-ring (bicyclic) bond motifs is 1. The van der Waals surface area contributed by atoms with Gasteiger partial charge in [-0.1, -0.05) is 182 Å². The number of benzene rings is 7. The fourth-order valence-corrected chi connectivity index (χ4v) is 8.97. The summed E-state index contributed by atoms with van der Waals surface area (Å²) in [5.41, 5.74) is 9.88. The molecule has 0 atom stereocenters. The van der Waals surface area contributed by atoms with Crippen LogP contribution in [0.25, 0.3) is 83.9 Å². The molecule has 9 rings (SSSR count). The number of aryl methyl sites for hydroxylation is 2. The molecule has 0 saturated carbocycles. The van der Waals surface area contributed by atoms with E-state index in [1.807, 2.05) is 111 Å². The van der Waals surface area contributed by atoms with Crippen molar-refractivity contribution in [2.75, 3.05) is 0 Å². The molecule has 346 valence electrons. The van der Waals surface area contributed by atoms with Crippen molar-refractivity contribution in [2.45, 2.75) is 99.2 Å². The zero-order chi connectivity index (χ0) is 56.1. The van der Waals surface area contributed by atoms with Gasteiger partial charge < -0.3 is 5.11 Å². The first-order chi connectivity index (χ1) is 35.9. The van der Waals surface area contributed by atoms with Gasteiger partial charge >= 0.3 is 0 Å². The van der Waals surface area contributed by atoms with Crippen LogP contribution in [0.1, 0.15) is 109 Å². The van der Waals surface area contributed by atoms with E-state index in [0.717, 1.165) is 38.9 Å². The van der Waals surface area contributed by atoms with E-state index >= 15 is 0 Å². The first-order valence-corrected chi connectivity index (χ1v) is 22.7. The summed E-state index contributed by atoms with van der Waals surface area (Å²) in [4.78, 5) is 10.2. The Bertz CT molecular complexity index is 3770. The van der Waals surface area contributed by atoms with Gasteiger partial charge in [-0.05, 0) is 117 Å². The van der Waals surface area contributed by atoms with Gasteiger partial charge in [-0.25, -0.2) is 4.98 Å². The largest absolute Gasteiger partial charge is 0.507 e. The molecule has 7 aromatic carbocycles. The normalized spacial score (nSPS) is 14.6. The maximum absolute atomic E-state index is 12.4. The summed E-state index contributed by atoms with van der Waals surface area (Å²) in [6.45, 7) is 15.3. The second-order valence-corrected chi connectivity index (χ2v) is 20.6. The van der Waals surface area contributed by atoms with Crippen LogP contribution < -0.4 is 0 Å². The maximum atomic E-state index is 12.4. The number of nitrogens with zero attached hydrogens (tertiary/aromatic N) is 3. The molecule has 0 fully saturated rings. The summed E-state index contributed by atoms with van der Waals surface area (Å²) in [6, 6.07) is 40.2. The molecule has 0 unspecified atom stereocenters. The van der Waals surface area contributed by atoms with Gasteiger partial charge in [-0.3, -0.25) is 9.55 Å². The number of aromatic hydroxyl groups is 1. The fraction of sp³-hybridized carbons (Fsp3) is 0.238. The molecule has 4 nitrogen and oxygen atoms in total. The number of pyridine rings is 1. The minimum Gasteiger partial charge on any atom is -0.507 e.